The molecule has 1 aliphatic rings. The SMILES string of the molecule is CCS(=O)(=O)c1ccc2c(c1)C(c1cc(F)ccc1OCC(=O)O)N(C(=O)OCc1ccccc1)CC2. The minimum atomic E-state index is -3.58. The zero-order valence-corrected chi connectivity index (χ0v) is 20.9. The van der Waals surface area contributed by atoms with Crippen LogP contribution in [0.25, 0.3) is 0 Å². The molecule has 0 bridgehead atoms. The molecule has 0 saturated heterocycles. The Morgan fingerprint density at radius 2 is 1.81 bits per heavy atom. The summed E-state index contributed by atoms with van der Waals surface area (Å²) in [7, 11) is -3.58. The fourth-order valence-electron chi connectivity index (χ4n) is 4.29. The van der Waals surface area contributed by atoms with Gasteiger partial charge in [-0.3, -0.25) is 4.90 Å². The van der Waals surface area contributed by atoms with Crippen LogP contribution in [0.15, 0.2) is 71.6 Å². The van der Waals surface area contributed by atoms with E-state index in [0.717, 1.165) is 23.3 Å². The molecule has 8 nitrogen and oxygen atoms in total. The second-order valence-electron chi connectivity index (χ2n) is 8.51. The van der Waals surface area contributed by atoms with Crippen molar-refractivity contribution < 1.29 is 37.0 Å². The summed E-state index contributed by atoms with van der Waals surface area (Å²) >= 11 is 0. The minimum absolute atomic E-state index is 0.00548. The molecule has 1 atom stereocenters. The summed E-state index contributed by atoms with van der Waals surface area (Å²) in [5, 5.41) is 9.11. The van der Waals surface area contributed by atoms with Crippen LogP contribution in [-0.2, 0) is 32.4 Å². The highest BCUT2D eigenvalue weighted by Crippen LogP contribution is 2.41. The Balaban J connectivity index is 1.80. The van der Waals surface area contributed by atoms with Crippen LogP contribution in [0.4, 0.5) is 9.18 Å². The zero-order chi connectivity index (χ0) is 26.6. The molecule has 194 valence electrons. The summed E-state index contributed by atoms with van der Waals surface area (Å²) in [6.07, 6.45) is -0.268. The summed E-state index contributed by atoms with van der Waals surface area (Å²) in [5.74, 6) is -1.91. The lowest BCUT2D eigenvalue weighted by Gasteiger charge is -2.37. The van der Waals surface area contributed by atoms with Gasteiger partial charge in [-0.1, -0.05) is 43.3 Å². The number of carbonyl (C=O) groups is 2. The number of aliphatic carboxylic acids is 1. The van der Waals surface area contributed by atoms with E-state index in [1.165, 1.54) is 30.0 Å². The van der Waals surface area contributed by atoms with Crippen molar-refractivity contribution in [2.24, 2.45) is 0 Å². The Kier molecular flexibility index (Phi) is 7.77. The van der Waals surface area contributed by atoms with E-state index in [1.54, 1.807) is 6.07 Å². The summed E-state index contributed by atoms with van der Waals surface area (Å²) in [6.45, 7) is 1.07. The maximum Gasteiger partial charge on any atom is 0.410 e. The molecule has 0 fully saturated rings. The number of amides is 1. The van der Waals surface area contributed by atoms with Crippen molar-refractivity contribution in [3.05, 3.63) is 94.8 Å². The van der Waals surface area contributed by atoms with Crippen LogP contribution in [-0.4, -0.2) is 49.4 Å². The van der Waals surface area contributed by atoms with Gasteiger partial charge in [-0.25, -0.2) is 22.4 Å². The number of benzene rings is 3. The average Bonchev–Trinajstić information content (AvgIpc) is 2.90. The Bertz CT molecular complexity index is 1410. The van der Waals surface area contributed by atoms with Crippen LogP contribution in [0.5, 0.6) is 5.75 Å². The van der Waals surface area contributed by atoms with E-state index in [9.17, 15) is 22.4 Å². The van der Waals surface area contributed by atoms with E-state index in [-0.39, 0.29) is 35.1 Å². The molecular weight excluding hydrogens is 501 g/mol. The van der Waals surface area contributed by atoms with E-state index in [1.807, 2.05) is 30.3 Å². The summed E-state index contributed by atoms with van der Waals surface area (Å²) in [5.41, 5.74) is 2.21. The van der Waals surface area contributed by atoms with Crippen molar-refractivity contribution in [1.82, 2.24) is 4.90 Å². The van der Waals surface area contributed by atoms with E-state index in [0.29, 0.717) is 12.0 Å². The Morgan fingerprint density at radius 3 is 2.51 bits per heavy atom. The van der Waals surface area contributed by atoms with Gasteiger partial charge in [-0.05, 0) is 53.4 Å². The molecule has 1 unspecified atom stereocenters. The highest BCUT2D eigenvalue weighted by Gasteiger charge is 2.36. The molecule has 1 aliphatic heterocycles. The number of nitrogens with zero attached hydrogens (tertiary/aromatic N) is 1. The van der Waals surface area contributed by atoms with Gasteiger partial charge < -0.3 is 14.6 Å². The molecule has 1 heterocycles. The lowest BCUT2D eigenvalue weighted by Crippen LogP contribution is -2.41. The van der Waals surface area contributed by atoms with Gasteiger partial charge in [0, 0.05) is 12.1 Å². The number of ether oxygens (including phenoxy) is 2. The molecule has 1 amide bonds. The molecule has 0 saturated carbocycles. The van der Waals surface area contributed by atoms with Crippen molar-refractivity contribution in [2.45, 2.75) is 30.9 Å². The zero-order valence-electron chi connectivity index (χ0n) is 20.1. The highest BCUT2D eigenvalue weighted by atomic mass is 32.2. The highest BCUT2D eigenvalue weighted by molar-refractivity contribution is 7.91. The largest absolute Gasteiger partial charge is 0.482 e. The summed E-state index contributed by atoms with van der Waals surface area (Å²) in [6, 6.07) is 16.4. The number of hydrogen-bond donors (Lipinski definition) is 1. The van der Waals surface area contributed by atoms with Gasteiger partial charge >= 0.3 is 12.1 Å². The van der Waals surface area contributed by atoms with Gasteiger partial charge in [-0.15, -0.1) is 0 Å². The number of sulfone groups is 1. The van der Waals surface area contributed by atoms with Gasteiger partial charge in [0.25, 0.3) is 0 Å². The number of carboxylic acids is 1. The molecule has 4 rings (SSSR count). The van der Waals surface area contributed by atoms with E-state index >= 15 is 0 Å². The molecule has 0 spiro atoms. The maximum atomic E-state index is 14.5. The number of halogens is 1. The third-order valence-electron chi connectivity index (χ3n) is 6.14. The predicted molar refractivity (Wildman–Crippen MR) is 133 cm³/mol. The molecular formula is C27H26FNO7S. The van der Waals surface area contributed by atoms with Crippen molar-refractivity contribution >= 4 is 21.9 Å². The maximum absolute atomic E-state index is 14.5. The first-order valence-corrected chi connectivity index (χ1v) is 13.3. The monoisotopic (exact) mass is 527 g/mol. The van der Waals surface area contributed by atoms with Crippen molar-refractivity contribution in [1.29, 1.82) is 0 Å². The van der Waals surface area contributed by atoms with Crippen LogP contribution in [0.3, 0.4) is 0 Å². The summed E-state index contributed by atoms with van der Waals surface area (Å²) in [4.78, 5) is 25.9. The molecule has 0 aliphatic carbocycles. The van der Waals surface area contributed by atoms with Crippen LogP contribution >= 0.6 is 0 Å². The van der Waals surface area contributed by atoms with Crippen molar-refractivity contribution in [3.8, 4) is 5.75 Å². The fraction of sp³-hybridized carbons (Fsp3) is 0.259. The number of hydrogen-bond acceptors (Lipinski definition) is 6. The lowest BCUT2D eigenvalue weighted by molar-refractivity contribution is -0.139. The van der Waals surface area contributed by atoms with Crippen molar-refractivity contribution in [2.75, 3.05) is 18.9 Å². The molecule has 0 aromatic heterocycles. The quantitative estimate of drug-likeness (QED) is 0.463. The fourth-order valence-corrected chi connectivity index (χ4v) is 5.21. The normalized spacial score (nSPS) is 15.1. The molecule has 3 aromatic carbocycles. The second kappa shape index (κ2) is 11.0. The molecule has 0 radical (unpaired) electrons. The molecule has 1 N–H and O–H groups in total. The average molecular weight is 528 g/mol. The summed E-state index contributed by atoms with van der Waals surface area (Å²) < 4.78 is 50.8. The Hall–Kier alpha value is -3.92. The Morgan fingerprint density at radius 1 is 1.05 bits per heavy atom. The van der Waals surface area contributed by atoms with E-state index in [2.05, 4.69) is 0 Å². The first-order valence-electron chi connectivity index (χ1n) is 11.7. The van der Waals surface area contributed by atoms with Crippen LogP contribution in [0.2, 0.25) is 0 Å². The van der Waals surface area contributed by atoms with E-state index < -0.39 is 40.4 Å². The van der Waals surface area contributed by atoms with Gasteiger partial charge in [0.05, 0.1) is 16.7 Å². The van der Waals surface area contributed by atoms with Crippen LogP contribution in [0, 0.1) is 5.82 Å². The molecule has 37 heavy (non-hydrogen) atoms. The Labute approximate surface area is 214 Å². The number of carbonyl (C=O) groups excluding carboxylic acids is 1. The minimum Gasteiger partial charge on any atom is -0.482 e. The number of fused-ring (bicyclic) bond motifs is 1. The number of rotatable bonds is 8. The third-order valence-corrected chi connectivity index (χ3v) is 7.87. The smallest absolute Gasteiger partial charge is 0.410 e. The topological polar surface area (TPSA) is 110 Å². The predicted octanol–water partition coefficient (Wildman–Crippen LogP) is 4.37. The van der Waals surface area contributed by atoms with Gasteiger partial charge in [-0.2, -0.15) is 0 Å². The molecule has 10 heteroatoms. The van der Waals surface area contributed by atoms with Crippen LogP contribution < -0.4 is 4.74 Å². The van der Waals surface area contributed by atoms with Gasteiger partial charge in [0.15, 0.2) is 16.4 Å². The first kappa shape index (κ1) is 26.2. The van der Waals surface area contributed by atoms with E-state index in [4.69, 9.17) is 14.6 Å². The van der Waals surface area contributed by atoms with Gasteiger partial charge in [0.2, 0.25) is 0 Å². The number of carboxylic acid groups (broad SMARTS) is 1. The standard InChI is InChI=1S/C27H26FNO7S/c1-2-37(33,34)21-10-8-19-12-13-29(27(32)36-16-18-6-4-3-5-7-18)26(22(19)15-21)23-14-20(28)9-11-24(23)35-17-25(30)31/h3-11,14-15,26H,2,12-13,16-17H2,1H3,(H,30,31). The van der Waals surface area contributed by atoms with Crippen LogP contribution in [0.1, 0.15) is 35.2 Å². The first-order chi connectivity index (χ1) is 17.7. The van der Waals surface area contributed by atoms with Gasteiger partial charge in [0.1, 0.15) is 18.2 Å². The lowest BCUT2D eigenvalue weighted by atomic mass is 9.88. The molecule has 3 aromatic rings. The third kappa shape index (κ3) is 5.91. The second-order valence-corrected chi connectivity index (χ2v) is 10.8. The van der Waals surface area contributed by atoms with Crippen molar-refractivity contribution in [3.63, 3.8) is 0 Å².